The van der Waals surface area contributed by atoms with E-state index < -0.39 is 0 Å². The monoisotopic (exact) mass is 366 g/mol. The SMILES string of the molecule is Nc1onc(-c2ccc(Cl)c(Br)c2)c1-c1ccccc1F. The fourth-order valence-electron chi connectivity index (χ4n) is 2.07. The topological polar surface area (TPSA) is 52.0 Å². The number of rotatable bonds is 2. The van der Waals surface area contributed by atoms with Crippen LogP contribution in [0.5, 0.6) is 0 Å². The molecule has 6 heteroatoms. The summed E-state index contributed by atoms with van der Waals surface area (Å²) in [7, 11) is 0. The number of aromatic nitrogens is 1. The molecule has 0 radical (unpaired) electrons. The van der Waals surface area contributed by atoms with Crippen molar-refractivity contribution in [2.24, 2.45) is 0 Å². The van der Waals surface area contributed by atoms with Crippen LogP contribution in [0, 0.1) is 5.82 Å². The lowest BCUT2D eigenvalue weighted by molar-refractivity contribution is 0.439. The fourth-order valence-corrected chi connectivity index (χ4v) is 2.56. The Morgan fingerprint density at radius 2 is 1.95 bits per heavy atom. The van der Waals surface area contributed by atoms with Gasteiger partial charge in [-0.25, -0.2) is 4.39 Å². The molecule has 0 aliphatic carbocycles. The van der Waals surface area contributed by atoms with Crippen molar-refractivity contribution in [1.29, 1.82) is 0 Å². The van der Waals surface area contributed by atoms with Crippen LogP contribution >= 0.6 is 27.5 Å². The molecule has 2 aromatic carbocycles. The zero-order chi connectivity index (χ0) is 15.0. The Labute approximate surface area is 133 Å². The molecule has 1 heterocycles. The number of halogens is 3. The minimum absolute atomic E-state index is 0.0705. The van der Waals surface area contributed by atoms with Crippen molar-refractivity contribution < 1.29 is 8.91 Å². The highest BCUT2D eigenvalue weighted by molar-refractivity contribution is 9.10. The lowest BCUT2D eigenvalue weighted by Crippen LogP contribution is -1.90. The third-order valence-corrected chi connectivity index (χ3v) is 4.27. The molecule has 2 N–H and O–H groups in total. The summed E-state index contributed by atoms with van der Waals surface area (Å²) < 4.78 is 19.8. The first-order valence-corrected chi connectivity index (χ1v) is 7.20. The third kappa shape index (κ3) is 2.54. The van der Waals surface area contributed by atoms with E-state index in [9.17, 15) is 4.39 Å². The van der Waals surface area contributed by atoms with Crippen molar-refractivity contribution in [3.05, 3.63) is 57.8 Å². The highest BCUT2D eigenvalue weighted by Crippen LogP contribution is 2.38. The van der Waals surface area contributed by atoms with Gasteiger partial charge in [-0.05, 0) is 34.1 Å². The predicted molar refractivity (Wildman–Crippen MR) is 84.5 cm³/mol. The zero-order valence-corrected chi connectivity index (χ0v) is 13.0. The molecular weight excluding hydrogens is 359 g/mol. The van der Waals surface area contributed by atoms with E-state index in [1.54, 1.807) is 36.4 Å². The van der Waals surface area contributed by atoms with Gasteiger partial charge in [0.25, 0.3) is 0 Å². The molecule has 0 bridgehead atoms. The summed E-state index contributed by atoms with van der Waals surface area (Å²) in [6.07, 6.45) is 0. The maximum atomic E-state index is 14.0. The van der Waals surface area contributed by atoms with Crippen LogP contribution in [0.15, 0.2) is 51.5 Å². The van der Waals surface area contributed by atoms with E-state index in [-0.39, 0.29) is 11.7 Å². The number of hydrogen-bond donors (Lipinski definition) is 1. The van der Waals surface area contributed by atoms with E-state index in [0.717, 1.165) is 5.56 Å². The Morgan fingerprint density at radius 1 is 1.19 bits per heavy atom. The van der Waals surface area contributed by atoms with Gasteiger partial charge in [-0.1, -0.05) is 41.0 Å². The van der Waals surface area contributed by atoms with Gasteiger partial charge in [0, 0.05) is 15.6 Å². The lowest BCUT2D eigenvalue weighted by atomic mass is 10.0. The minimum atomic E-state index is -0.387. The largest absolute Gasteiger partial charge is 0.367 e. The summed E-state index contributed by atoms with van der Waals surface area (Å²) in [6, 6.07) is 11.6. The third-order valence-electron chi connectivity index (χ3n) is 3.05. The molecule has 3 rings (SSSR count). The van der Waals surface area contributed by atoms with Gasteiger partial charge in [0.15, 0.2) is 0 Å². The van der Waals surface area contributed by atoms with Gasteiger partial charge in [0.05, 0.1) is 10.6 Å². The summed E-state index contributed by atoms with van der Waals surface area (Å²) in [5.41, 5.74) is 7.79. The smallest absolute Gasteiger partial charge is 0.230 e. The molecule has 1 aromatic heterocycles. The van der Waals surface area contributed by atoms with Gasteiger partial charge in [0.2, 0.25) is 5.88 Å². The summed E-state index contributed by atoms with van der Waals surface area (Å²) in [6.45, 7) is 0. The van der Waals surface area contributed by atoms with Crippen molar-refractivity contribution >= 4 is 33.4 Å². The van der Waals surface area contributed by atoms with Crippen molar-refractivity contribution in [2.45, 2.75) is 0 Å². The van der Waals surface area contributed by atoms with Crippen molar-refractivity contribution in [3.63, 3.8) is 0 Å². The zero-order valence-electron chi connectivity index (χ0n) is 10.6. The van der Waals surface area contributed by atoms with Crippen molar-refractivity contribution in [2.75, 3.05) is 5.73 Å². The molecule has 0 atom stereocenters. The second kappa shape index (κ2) is 5.50. The number of nitrogen functional groups attached to an aromatic ring is 1. The highest BCUT2D eigenvalue weighted by atomic mass is 79.9. The Balaban J connectivity index is 2.22. The first-order chi connectivity index (χ1) is 10.1. The van der Waals surface area contributed by atoms with Crippen LogP contribution in [0.3, 0.4) is 0 Å². The van der Waals surface area contributed by atoms with Crippen LogP contribution in [0.25, 0.3) is 22.4 Å². The molecule has 0 amide bonds. The first-order valence-electron chi connectivity index (χ1n) is 6.03. The molecule has 3 aromatic rings. The van der Waals surface area contributed by atoms with Crippen LogP contribution in [0.4, 0.5) is 10.3 Å². The quantitative estimate of drug-likeness (QED) is 0.682. The molecule has 106 valence electrons. The van der Waals surface area contributed by atoms with E-state index in [1.165, 1.54) is 6.07 Å². The number of nitrogens with two attached hydrogens (primary N) is 1. The van der Waals surface area contributed by atoms with Crippen LogP contribution in [-0.2, 0) is 0 Å². The number of nitrogens with zero attached hydrogens (tertiary/aromatic N) is 1. The van der Waals surface area contributed by atoms with E-state index in [2.05, 4.69) is 21.1 Å². The molecule has 0 unspecified atom stereocenters. The summed E-state index contributed by atoms with van der Waals surface area (Å²) >= 11 is 9.33. The van der Waals surface area contributed by atoms with Crippen LogP contribution in [0.2, 0.25) is 5.02 Å². The molecule has 0 spiro atoms. The molecule has 21 heavy (non-hydrogen) atoms. The van der Waals surface area contributed by atoms with E-state index in [1.807, 2.05) is 0 Å². The molecule has 0 saturated heterocycles. The van der Waals surface area contributed by atoms with Crippen molar-refractivity contribution in [3.8, 4) is 22.4 Å². The Kier molecular flexibility index (Phi) is 3.69. The summed E-state index contributed by atoms with van der Waals surface area (Å²) in [5, 5.41) is 4.52. The van der Waals surface area contributed by atoms with E-state index >= 15 is 0 Å². The van der Waals surface area contributed by atoms with Gasteiger partial charge in [-0.2, -0.15) is 0 Å². The van der Waals surface area contributed by atoms with Crippen LogP contribution < -0.4 is 5.73 Å². The highest BCUT2D eigenvalue weighted by Gasteiger charge is 2.20. The molecule has 0 saturated carbocycles. The van der Waals surface area contributed by atoms with Crippen LogP contribution in [-0.4, -0.2) is 5.16 Å². The van der Waals surface area contributed by atoms with Crippen molar-refractivity contribution in [1.82, 2.24) is 5.16 Å². The fraction of sp³-hybridized carbons (Fsp3) is 0. The molecule has 0 aliphatic rings. The average Bonchev–Trinajstić information content (AvgIpc) is 2.84. The Hall–Kier alpha value is -1.85. The molecular formula is C15H9BrClFN2O. The summed E-state index contributed by atoms with van der Waals surface area (Å²) in [5.74, 6) is -0.317. The molecule has 0 fully saturated rings. The second-order valence-corrected chi connectivity index (χ2v) is 5.64. The molecule has 0 aliphatic heterocycles. The van der Waals surface area contributed by atoms with E-state index in [0.29, 0.717) is 26.3 Å². The summed E-state index contributed by atoms with van der Waals surface area (Å²) in [4.78, 5) is 0. The standard InChI is InChI=1S/C15H9BrClFN2O/c16-10-7-8(5-6-11(10)17)14-13(15(19)21-20-14)9-3-1-2-4-12(9)18/h1-7H,19H2. The van der Waals surface area contributed by atoms with Gasteiger partial charge in [-0.15, -0.1) is 0 Å². The van der Waals surface area contributed by atoms with Crippen LogP contribution in [0.1, 0.15) is 0 Å². The number of anilines is 1. The number of benzene rings is 2. The van der Waals surface area contributed by atoms with Gasteiger partial charge in [-0.3, -0.25) is 0 Å². The lowest BCUT2D eigenvalue weighted by Gasteiger charge is -2.05. The Morgan fingerprint density at radius 3 is 2.67 bits per heavy atom. The van der Waals surface area contributed by atoms with E-state index in [4.69, 9.17) is 21.9 Å². The van der Waals surface area contributed by atoms with Gasteiger partial charge in [0.1, 0.15) is 11.5 Å². The average molecular weight is 368 g/mol. The Bertz CT molecular complexity index is 819. The second-order valence-electron chi connectivity index (χ2n) is 4.38. The van der Waals surface area contributed by atoms with Gasteiger partial charge >= 0.3 is 0 Å². The predicted octanol–water partition coefficient (Wildman–Crippen LogP) is 5.15. The maximum Gasteiger partial charge on any atom is 0.230 e. The first kappa shape index (κ1) is 14.1. The van der Waals surface area contributed by atoms with Gasteiger partial charge < -0.3 is 10.3 Å². The number of hydrogen-bond acceptors (Lipinski definition) is 3. The normalized spacial score (nSPS) is 10.8. The molecule has 3 nitrogen and oxygen atoms in total. The maximum absolute atomic E-state index is 14.0. The minimum Gasteiger partial charge on any atom is -0.367 e.